The van der Waals surface area contributed by atoms with Gasteiger partial charge < -0.3 is 4.90 Å². The van der Waals surface area contributed by atoms with Crippen LogP contribution in [0, 0.1) is 5.95 Å². The third-order valence-electron chi connectivity index (χ3n) is 5.32. The maximum atomic E-state index is 14.6. The molecule has 6 nitrogen and oxygen atoms in total. The summed E-state index contributed by atoms with van der Waals surface area (Å²) in [6.45, 7) is 1.96. The second-order valence-corrected chi connectivity index (χ2v) is 6.93. The van der Waals surface area contributed by atoms with Gasteiger partial charge in [-0.25, -0.2) is 10.4 Å². The molecule has 0 radical (unpaired) electrons. The Kier molecular flexibility index (Phi) is 4.63. The first kappa shape index (κ1) is 17.6. The van der Waals surface area contributed by atoms with Gasteiger partial charge in [0.05, 0.1) is 0 Å². The summed E-state index contributed by atoms with van der Waals surface area (Å²) in [5.74, 6) is -1.05. The van der Waals surface area contributed by atoms with E-state index >= 15 is 0 Å². The van der Waals surface area contributed by atoms with Gasteiger partial charge in [0.1, 0.15) is 5.65 Å². The number of rotatable bonds is 4. The van der Waals surface area contributed by atoms with Gasteiger partial charge in [0.15, 0.2) is 5.69 Å². The van der Waals surface area contributed by atoms with Crippen molar-refractivity contribution in [1.82, 2.24) is 25.1 Å². The first-order valence-corrected chi connectivity index (χ1v) is 9.02. The lowest BCUT2D eigenvalue weighted by molar-refractivity contribution is 0.0704. The number of amides is 1. The summed E-state index contributed by atoms with van der Waals surface area (Å²) in [6, 6.07) is 15.4. The van der Waals surface area contributed by atoms with E-state index in [2.05, 4.69) is 28.0 Å². The number of likely N-dealkylation sites (N-methyl/N-ethyl adjacent to an activating group) is 1. The molecule has 1 amide bonds. The van der Waals surface area contributed by atoms with Crippen LogP contribution in [-0.2, 0) is 0 Å². The standard InChI is InChI=1S/C20H22FN5O/c1-13(15-12-16(24-23-15)14-8-4-3-5-9-14)25(2)20(27)18-19(21)26-11-7-6-10-17(26)22-18/h3-11,13,15-16,23-24H,12H2,1-2H3. The molecule has 7 heteroatoms. The van der Waals surface area contributed by atoms with Gasteiger partial charge in [0.2, 0.25) is 5.95 Å². The average Bonchev–Trinajstić information content (AvgIpc) is 3.33. The van der Waals surface area contributed by atoms with Crippen molar-refractivity contribution in [3.05, 3.63) is 71.9 Å². The molecule has 3 unspecified atom stereocenters. The molecule has 27 heavy (non-hydrogen) atoms. The monoisotopic (exact) mass is 367 g/mol. The number of hydrogen-bond donors (Lipinski definition) is 2. The van der Waals surface area contributed by atoms with Gasteiger partial charge in [-0.05, 0) is 31.0 Å². The predicted molar refractivity (Wildman–Crippen MR) is 101 cm³/mol. The van der Waals surface area contributed by atoms with E-state index in [0.29, 0.717) is 5.65 Å². The van der Waals surface area contributed by atoms with E-state index in [4.69, 9.17) is 0 Å². The highest BCUT2D eigenvalue weighted by atomic mass is 19.1. The molecule has 140 valence electrons. The van der Waals surface area contributed by atoms with Crippen molar-refractivity contribution in [3.8, 4) is 0 Å². The topological polar surface area (TPSA) is 61.7 Å². The van der Waals surface area contributed by atoms with Gasteiger partial charge in [0, 0.05) is 31.4 Å². The average molecular weight is 367 g/mol. The Morgan fingerprint density at radius 1 is 1.22 bits per heavy atom. The Bertz CT molecular complexity index is 957. The molecule has 2 N–H and O–H groups in total. The number of aromatic nitrogens is 2. The van der Waals surface area contributed by atoms with Crippen LogP contribution in [0.3, 0.4) is 0 Å². The second kappa shape index (κ2) is 7.09. The maximum Gasteiger partial charge on any atom is 0.277 e. The van der Waals surface area contributed by atoms with Crippen molar-refractivity contribution < 1.29 is 9.18 Å². The van der Waals surface area contributed by atoms with E-state index in [0.717, 1.165) is 6.42 Å². The van der Waals surface area contributed by atoms with Crippen LogP contribution in [0.1, 0.15) is 35.4 Å². The summed E-state index contributed by atoms with van der Waals surface area (Å²) in [4.78, 5) is 18.6. The molecule has 1 aromatic carbocycles. The summed E-state index contributed by atoms with van der Waals surface area (Å²) in [7, 11) is 1.69. The molecule has 3 aromatic rings. The zero-order valence-corrected chi connectivity index (χ0v) is 15.3. The lowest BCUT2D eigenvalue weighted by Gasteiger charge is -2.29. The Balaban J connectivity index is 1.49. The molecule has 3 heterocycles. The van der Waals surface area contributed by atoms with Crippen molar-refractivity contribution in [1.29, 1.82) is 0 Å². The molecule has 4 rings (SSSR count). The molecule has 0 saturated carbocycles. The van der Waals surface area contributed by atoms with Crippen molar-refractivity contribution in [3.63, 3.8) is 0 Å². The minimum Gasteiger partial charge on any atom is -0.336 e. The smallest absolute Gasteiger partial charge is 0.277 e. The van der Waals surface area contributed by atoms with Gasteiger partial charge in [0.25, 0.3) is 5.91 Å². The van der Waals surface area contributed by atoms with Crippen LogP contribution in [0.4, 0.5) is 4.39 Å². The highest BCUT2D eigenvalue weighted by molar-refractivity contribution is 5.93. The largest absolute Gasteiger partial charge is 0.336 e. The number of pyridine rings is 1. The molecule has 3 atom stereocenters. The molecular weight excluding hydrogens is 345 g/mol. The summed E-state index contributed by atoms with van der Waals surface area (Å²) >= 11 is 0. The van der Waals surface area contributed by atoms with E-state index in [-0.39, 0.29) is 23.8 Å². The zero-order chi connectivity index (χ0) is 19.0. The van der Waals surface area contributed by atoms with E-state index in [9.17, 15) is 9.18 Å². The van der Waals surface area contributed by atoms with Gasteiger partial charge in [-0.1, -0.05) is 36.4 Å². The van der Waals surface area contributed by atoms with Crippen LogP contribution in [0.2, 0.25) is 0 Å². The van der Waals surface area contributed by atoms with Crippen molar-refractivity contribution >= 4 is 11.6 Å². The van der Waals surface area contributed by atoms with Crippen LogP contribution >= 0.6 is 0 Å². The number of fused-ring (bicyclic) bond motifs is 1. The van der Waals surface area contributed by atoms with Gasteiger partial charge in [-0.2, -0.15) is 4.39 Å². The Hall–Kier alpha value is -2.77. The number of hydrogen-bond acceptors (Lipinski definition) is 4. The highest BCUT2D eigenvalue weighted by Crippen LogP contribution is 2.25. The third-order valence-corrected chi connectivity index (χ3v) is 5.32. The fourth-order valence-electron chi connectivity index (χ4n) is 3.53. The normalized spacial score (nSPS) is 20.7. The lowest BCUT2D eigenvalue weighted by Crippen LogP contribution is -2.48. The summed E-state index contributed by atoms with van der Waals surface area (Å²) in [5, 5.41) is 0. The molecule has 1 aliphatic rings. The minimum absolute atomic E-state index is 0.0456. The number of nitrogens with one attached hydrogen (secondary N) is 2. The lowest BCUT2D eigenvalue weighted by atomic mass is 9.98. The number of nitrogens with zero attached hydrogens (tertiary/aromatic N) is 3. The molecule has 1 fully saturated rings. The summed E-state index contributed by atoms with van der Waals surface area (Å²) in [5.41, 5.74) is 8.02. The maximum absolute atomic E-state index is 14.6. The minimum atomic E-state index is -0.630. The first-order valence-electron chi connectivity index (χ1n) is 9.02. The summed E-state index contributed by atoms with van der Waals surface area (Å²) in [6.07, 6.45) is 2.39. The Morgan fingerprint density at radius 2 is 1.96 bits per heavy atom. The number of halogens is 1. The number of carbonyl (C=O) groups is 1. The van der Waals surface area contributed by atoms with Crippen LogP contribution in [0.25, 0.3) is 5.65 Å². The van der Waals surface area contributed by atoms with Crippen LogP contribution in [0.15, 0.2) is 54.7 Å². The second-order valence-electron chi connectivity index (χ2n) is 6.93. The Labute approximate surface area is 157 Å². The molecule has 0 spiro atoms. The number of benzene rings is 1. The number of imidazole rings is 1. The van der Waals surface area contributed by atoms with Crippen LogP contribution < -0.4 is 10.9 Å². The summed E-state index contributed by atoms with van der Waals surface area (Å²) < 4.78 is 15.9. The van der Waals surface area contributed by atoms with Gasteiger partial charge in [-0.3, -0.25) is 14.6 Å². The number of carbonyl (C=O) groups excluding carboxylic acids is 1. The van der Waals surface area contributed by atoms with E-state index in [1.165, 1.54) is 9.96 Å². The quantitative estimate of drug-likeness (QED) is 0.744. The SMILES string of the molecule is CC(C1CC(c2ccccc2)NN1)N(C)C(=O)c1nc2ccccn2c1F. The molecule has 0 bridgehead atoms. The van der Waals surface area contributed by atoms with Gasteiger partial charge in [-0.15, -0.1) is 0 Å². The first-order chi connectivity index (χ1) is 13.1. The van der Waals surface area contributed by atoms with Crippen LogP contribution in [0.5, 0.6) is 0 Å². The zero-order valence-electron chi connectivity index (χ0n) is 15.3. The predicted octanol–water partition coefficient (Wildman–Crippen LogP) is 2.54. The highest BCUT2D eigenvalue weighted by Gasteiger charge is 2.34. The Morgan fingerprint density at radius 3 is 2.70 bits per heavy atom. The molecule has 1 saturated heterocycles. The van der Waals surface area contributed by atoms with E-state index in [1.807, 2.05) is 25.1 Å². The van der Waals surface area contributed by atoms with Crippen molar-refractivity contribution in [2.75, 3.05) is 7.05 Å². The third kappa shape index (κ3) is 3.20. The fraction of sp³-hybridized carbons (Fsp3) is 0.300. The molecular formula is C20H22FN5O. The molecule has 2 aromatic heterocycles. The number of hydrazine groups is 1. The fourth-order valence-corrected chi connectivity index (χ4v) is 3.53. The van der Waals surface area contributed by atoms with Crippen molar-refractivity contribution in [2.24, 2.45) is 0 Å². The molecule has 1 aliphatic heterocycles. The van der Waals surface area contributed by atoms with E-state index < -0.39 is 11.9 Å². The van der Waals surface area contributed by atoms with Crippen LogP contribution in [-0.4, -0.2) is 39.3 Å². The van der Waals surface area contributed by atoms with E-state index in [1.54, 1.807) is 36.3 Å². The van der Waals surface area contributed by atoms with Crippen molar-refractivity contribution in [2.45, 2.75) is 31.5 Å². The van der Waals surface area contributed by atoms with Gasteiger partial charge >= 0.3 is 0 Å². The molecule has 0 aliphatic carbocycles.